The molecule has 3 aromatic rings. The Morgan fingerprint density at radius 3 is 2.35 bits per heavy atom. The van der Waals surface area contributed by atoms with E-state index < -0.39 is 20.0 Å². The molecule has 0 radical (unpaired) electrons. The first-order valence-corrected chi connectivity index (χ1v) is 10.9. The number of aromatic nitrogens is 1. The average molecular weight is 392 g/mol. The Morgan fingerprint density at radius 2 is 1.65 bits per heavy atom. The van der Waals surface area contributed by atoms with Gasteiger partial charge in [0.15, 0.2) is 5.82 Å². The van der Waals surface area contributed by atoms with Crippen LogP contribution in [0.2, 0.25) is 0 Å². The van der Waals surface area contributed by atoms with Crippen LogP contribution >= 0.6 is 0 Å². The minimum Gasteiger partial charge on any atom is -0.261 e. The van der Waals surface area contributed by atoms with Crippen molar-refractivity contribution >= 4 is 36.8 Å². The van der Waals surface area contributed by atoms with Gasteiger partial charge in [-0.2, -0.15) is 0 Å². The van der Waals surface area contributed by atoms with Crippen LogP contribution in [0.15, 0.2) is 59.5 Å². The highest BCUT2D eigenvalue weighted by Crippen LogP contribution is 2.40. The fourth-order valence-corrected chi connectivity index (χ4v) is 6.18. The molecule has 0 atom stereocenters. The van der Waals surface area contributed by atoms with Gasteiger partial charge in [-0.25, -0.2) is 20.8 Å². The summed E-state index contributed by atoms with van der Waals surface area (Å²) in [6, 6.07) is 14.9. The number of fused-ring (bicyclic) bond motifs is 3. The lowest BCUT2D eigenvalue weighted by molar-refractivity contribution is 0.212. The van der Waals surface area contributed by atoms with Crippen molar-refractivity contribution in [3.05, 3.63) is 60.2 Å². The van der Waals surface area contributed by atoms with Gasteiger partial charge in [0.05, 0.1) is 23.3 Å². The third-order valence-corrected chi connectivity index (χ3v) is 7.66. The molecular weight excluding hydrogens is 376 g/mol. The molecule has 2 heterocycles. The van der Waals surface area contributed by atoms with Crippen molar-refractivity contribution in [3.63, 3.8) is 0 Å². The SMILES string of the molecule is CON1c2c(c3ccccc3n2S(=O)(=O)c2ccccc2)CCS1(=O)=O. The Morgan fingerprint density at radius 1 is 1.00 bits per heavy atom. The molecule has 9 heteroatoms. The number of hydrogen-bond donors (Lipinski definition) is 0. The van der Waals surface area contributed by atoms with Crippen molar-refractivity contribution in [1.29, 1.82) is 0 Å². The largest absolute Gasteiger partial charge is 0.269 e. The quantitative estimate of drug-likeness (QED) is 0.682. The molecule has 1 aliphatic rings. The van der Waals surface area contributed by atoms with Crippen LogP contribution in [0.25, 0.3) is 10.9 Å². The Labute approximate surface area is 151 Å². The first-order chi connectivity index (χ1) is 12.4. The van der Waals surface area contributed by atoms with E-state index in [-0.39, 0.29) is 22.9 Å². The number of rotatable bonds is 3. The predicted octanol–water partition coefficient (Wildman–Crippen LogP) is 2.13. The number of benzene rings is 2. The van der Waals surface area contributed by atoms with E-state index in [4.69, 9.17) is 4.84 Å². The Bertz CT molecular complexity index is 1200. The van der Waals surface area contributed by atoms with E-state index in [1.807, 2.05) is 0 Å². The normalized spacial score (nSPS) is 16.6. The number of aryl methyl sites for hydroxylation is 1. The summed E-state index contributed by atoms with van der Waals surface area (Å²) in [5, 5.41) is 0.693. The predicted molar refractivity (Wildman–Crippen MR) is 97.9 cm³/mol. The van der Waals surface area contributed by atoms with Crippen LogP contribution in [-0.4, -0.2) is 33.7 Å². The van der Waals surface area contributed by atoms with Gasteiger partial charge < -0.3 is 0 Å². The van der Waals surface area contributed by atoms with Crippen LogP contribution in [0.3, 0.4) is 0 Å². The second-order valence-corrected chi connectivity index (χ2v) is 9.57. The summed E-state index contributed by atoms with van der Waals surface area (Å²) in [5.41, 5.74) is 1.05. The summed E-state index contributed by atoms with van der Waals surface area (Å²) in [7, 11) is -6.59. The molecular formula is C17H16N2O5S2. The van der Waals surface area contributed by atoms with Crippen LogP contribution < -0.4 is 4.47 Å². The van der Waals surface area contributed by atoms with Gasteiger partial charge in [-0.3, -0.25) is 4.84 Å². The summed E-state index contributed by atoms with van der Waals surface area (Å²) in [5.74, 6) is -0.128. The first kappa shape index (κ1) is 17.1. The molecule has 136 valence electrons. The van der Waals surface area contributed by atoms with Gasteiger partial charge in [0.25, 0.3) is 20.0 Å². The van der Waals surface area contributed by atoms with E-state index >= 15 is 0 Å². The van der Waals surface area contributed by atoms with E-state index in [1.54, 1.807) is 42.5 Å². The molecule has 1 aromatic heterocycles. The molecule has 0 unspecified atom stereocenters. The molecule has 0 N–H and O–H groups in total. The maximum absolute atomic E-state index is 13.3. The monoisotopic (exact) mass is 392 g/mol. The van der Waals surface area contributed by atoms with E-state index in [0.717, 1.165) is 3.97 Å². The molecule has 1 aliphatic heterocycles. The van der Waals surface area contributed by atoms with Gasteiger partial charge in [0.1, 0.15) is 0 Å². The topological polar surface area (TPSA) is 85.7 Å². The highest BCUT2D eigenvalue weighted by atomic mass is 32.2. The van der Waals surface area contributed by atoms with E-state index in [0.29, 0.717) is 20.9 Å². The number of nitrogens with zero attached hydrogens (tertiary/aromatic N) is 2. The zero-order chi connectivity index (χ0) is 18.5. The third kappa shape index (κ3) is 2.35. The number of para-hydroxylation sites is 1. The van der Waals surface area contributed by atoms with Crippen molar-refractivity contribution < 1.29 is 21.7 Å². The van der Waals surface area contributed by atoms with Gasteiger partial charge >= 0.3 is 0 Å². The lowest BCUT2D eigenvalue weighted by Crippen LogP contribution is -2.38. The molecule has 0 amide bonds. The van der Waals surface area contributed by atoms with Crippen molar-refractivity contribution in [3.8, 4) is 0 Å². The Balaban J connectivity index is 2.14. The molecule has 0 saturated heterocycles. The summed E-state index contributed by atoms with van der Waals surface area (Å²) >= 11 is 0. The molecule has 0 aliphatic carbocycles. The fourth-order valence-electron chi connectivity index (χ4n) is 3.28. The van der Waals surface area contributed by atoms with E-state index in [1.165, 1.54) is 19.2 Å². The average Bonchev–Trinajstić information content (AvgIpc) is 2.96. The lowest BCUT2D eigenvalue weighted by atomic mass is 10.1. The van der Waals surface area contributed by atoms with Crippen LogP contribution in [-0.2, 0) is 31.3 Å². The van der Waals surface area contributed by atoms with Crippen LogP contribution in [0, 0.1) is 0 Å². The molecule has 2 aromatic carbocycles. The zero-order valence-corrected chi connectivity index (χ0v) is 15.5. The van der Waals surface area contributed by atoms with E-state index in [9.17, 15) is 16.8 Å². The second kappa shape index (κ2) is 5.83. The Kier molecular flexibility index (Phi) is 3.83. The van der Waals surface area contributed by atoms with Crippen LogP contribution in [0.4, 0.5) is 5.82 Å². The molecule has 7 nitrogen and oxygen atoms in total. The molecule has 0 bridgehead atoms. The minimum absolute atomic E-state index is 0.0174. The van der Waals surface area contributed by atoms with Gasteiger partial charge in [-0.1, -0.05) is 36.4 Å². The highest BCUT2D eigenvalue weighted by Gasteiger charge is 2.39. The molecule has 26 heavy (non-hydrogen) atoms. The van der Waals surface area contributed by atoms with E-state index in [2.05, 4.69) is 0 Å². The molecule has 0 fully saturated rings. The Hall–Kier alpha value is -2.36. The zero-order valence-electron chi connectivity index (χ0n) is 13.9. The van der Waals surface area contributed by atoms with Crippen molar-refractivity contribution in [2.45, 2.75) is 11.3 Å². The van der Waals surface area contributed by atoms with Gasteiger partial charge in [-0.15, -0.1) is 4.47 Å². The summed E-state index contributed by atoms with van der Waals surface area (Å²) in [4.78, 5) is 5.17. The molecule has 0 spiro atoms. The van der Waals surface area contributed by atoms with Crippen molar-refractivity contribution in [1.82, 2.24) is 3.97 Å². The summed E-state index contributed by atoms with van der Waals surface area (Å²) in [6.45, 7) is 0. The molecule has 0 saturated carbocycles. The van der Waals surface area contributed by atoms with Gasteiger partial charge in [-0.05, 0) is 24.6 Å². The second-order valence-electron chi connectivity index (χ2n) is 5.88. The lowest BCUT2D eigenvalue weighted by Gasteiger charge is -2.27. The summed E-state index contributed by atoms with van der Waals surface area (Å²) in [6.07, 6.45) is 0.218. The van der Waals surface area contributed by atoms with Gasteiger partial charge in [0.2, 0.25) is 0 Å². The number of anilines is 1. The maximum atomic E-state index is 13.3. The standard InChI is InChI=1S/C17H16N2O5S2/c1-24-19-17-15(11-12-25(19,20)21)14-9-5-6-10-16(14)18(17)26(22,23)13-7-3-2-4-8-13/h2-10H,11-12H2,1H3. The summed E-state index contributed by atoms with van der Waals surface area (Å²) < 4.78 is 53.4. The molecule has 4 rings (SSSR count). The number of hydrogen-bond acceptors (Lipinski definition) is 5. The van der Waals surface area contributed by atoms with Crippen molar-refractivity contribution in [2.75, 3.05) is 17.3 Å². The highest BCUT2D eigenvalue weighted by molar-refractivity contribution is 7.93. The number of sulfonamides is 1. The minimum atomic E-state index is -4.03. The third-order valence-electron chi connectivity index (χ3n) is 4.39. The van der Waals surface area contributed by atoms with Crippen molar-refractivity contribution in [2.24, 2.45) is 0 Å². The smallest absolute Gasteiger partial charge is 0.261 e. The maximum Gasteiger partial charge on any atom is 0.269 e. The first-order valence-electron chi connectivity index (χ1n) is 7.88. The fraction of sp³-hybridized carbons (Fsp3) is 0.176. The van der Waals surface area contributed by atoms with Gasteiger partial charge in [0, 0.05) is 10.9 Å². The van der Waals surface area contributed by atoms with Crippen LogP contribution in [0.1, 0.15) is 5.56 Å². The van der Waals surface area contributed by atoms with Crippen LogP contribution in [0.5, 0.6) is 0 Å².